The van der Waals surface area contributed by atoms with Crippen LogP contribution in [0.25, 0.3) is 28.7 Å². The fourth-order valence-corrected chi connectivity index (χ4v) is 4.31. The summed E-state index contributed by atoms with van der Waals surface area (Å²) in [5.41, 5.74) is 8.91. The number of aromatic nitrogens is 8. The van der Waals surface area contributed by atoms with Crippen molar-refractivity contribution < 1.29 is 4.39 Å². The molecule has 192 valence electrons. The van der Waals surface area contributed by atoms with Crippen molar-refractivity contribution >= 4 is 34.8 Å². The number of anilines is 2. The maximum Gasteiger partial charge on any atom is 0.266 e. The minimum absolute atomic E-state index is 0.0922. The van der Waals surface area contributed by atoms with E-state index in [0.717, 1.165) is 5.56 Å². The van der Waals surface area contributed by atoms with Crippen LogP contribution in [0.3, 0.4) is 0 Å². The molecule has 5 rings (SSSR count). The minimum Gasteiger partial charge on any atom is -0.368 e. The molecule has 1 atom stereocenters. The molecule has 0 bridgehead atoms. The summed E-state index contributed by atoms with van der Waals surface area (Å²) in [7, 11) is 0. The number of hydrogen-bond donors (Lipinski definition) is 3. The van der Waals surface area contributed by atoms with Crippen LogP contribution in [-0.2, 0) is 0 Å². The molecule has 0 aliphatic carbocycles. The molecule has 12 heteroatoms. The van der Waals surface area contributed by atoms with Gasteiger partial charge in [-0.3, -0.25) is 9.36 Å². The van der Waals surface area contributed by atoms with E-state index < -0.39 is 11.9 Å². The van der Waals surface area contributed by atoms with Gasteiger partial charge in [-0.2, -0.15) is 10.2 Å². The van der Waals surface area contributed by atoms with Gasteiger partial charge < -0.3 is 11.1 Å². The van der Waals surface area contributed by atoms with Crippen molar-refractivity contribution in [2.75, 3.05) is 11.1 Å². The van der Waals surface area contributed by atoms with Gasteiger partial charge in [0.25, 0.3) is 5.56 Å². The Bertz CT molecular complexity index is 1690. The van der Waals surface area contributed by atoms with Gasteiger partial charge in [0.2, 0.25) is 5.95 Å². The van der Waals surface area contributed by atoms with Gasteiger partial charge in [-0.25, -0.2) is 14.4 Å². The van der Waals surface area contributed by atoms with E-state index in [2.05, 4.69) is 35.9 Å². The third-order valence-corrected chi connectivity index (χ3v) is 6.16. The number of nitrogens with zero attached hydrogens (tertiary/aromatic N) is 7. The van der Waals surface area contributed by atoms with Crippen LogP contribution in [0.1, 0.15) is 47.9 Å². The first kappa shape index (κ1) is 24.7. The van der Waals surface area contributed by atoms with Crippen LogP contribution in [0.5, 0.6) is 0 Å². The number of benzene rings is 2. The van der Waals surface area contributed by atoms with E-state index in [1.165, 1.54) is 16.7 Å². The Kier molecular flexibility index (Phi) is 6.60. The highest BCUT2D eigenvalue weighted by molar-refractivity contribution is 5.81. The molecule has 0 fully saturated rings. The topological polar surface area (TPSA) is 153 Å². The monoisotopic (exact) mass is 512 g/mol. The van der Waals surface area contributed by atoms with Crippen LogP contribution in [-0.4, -0.2) is 40.1 Å². The summed E-state index contributed by atoms with van der Waals surface area (Å²) >= 11 is 0. The van der Waals surface area contributed by atoms with E-state index in [-0.39, 0.29) is 11.5 Å². The lowest BCUT2D eigenvalue weighted by atomic mass is 10.1. The van der Waals surface area contributed by atoms with Gasteiger partial charge >= 0.3 is 0 Å². The van der Waals surface area contributed by atoms with Gasteiger partial charge in [0.05, 0.1) is 28.3 Å². The lowest BCUT2D eigenvalue weighted by molar-refractivity contribution is 0.625. The molecule has 38 heavy (non-hydrogen) atoms. The first-order valence-electron chi connectivity index (χ1n) is 12.0. The third-order valence-electron chi connectivity index (χ3n) is 6.16. The molecule has 3 aromatic heterocycles. The summed E-state index contributed by atoms with van der Waals surface area (Å²) in [6.07, 6.45) is 3.98. The molecule has 1 unspecified atom stereocenters. The summed E-state index contributed by atoms with van der Waals surface area (Å²) in [5, 5.41) is 17.7. The standard InChI is InChI=1S/C26H25FN10O/c1-4-19(30-23-18(15(3)29-26(28)32-23)12-13-21-33-35-36-34-21)24-31-20-7-5-6-14(2)22(20)25(38)37(24)17-10-8-16(27)9-11-17/h5-13,19H,4H2,1-3H3,(H3,28,29,30,32)(H,33,34,35,36)/b13-12+. The molecule has 0 saturated carbocycles. The van der Waals surface area contributed by atoms with Crippen molar-refractivity contribution in [2.45, 2.75) is 33.2 Å². The normalized spacial score (nSPS) is 12.3. The summed E-state index contributed by atoms with van der Waals surface area (Å²) in [5.74, 6) is 0.977. The molecule has 11 nitrogen and oxygen atoms in total. The van der Waals surface area contributed by atoms with Crippen molar-refractivity contribution in [3.05, 3.63) is 87.1 Å². The van der Waals surface area contributed by atoms with Crippen molar-refractivity contribution in [3.8, 4) is 5.69 Å². The van der Waals surface area contributed by atoms with Crippen molar-refractivity contribution in [2.24, 2.45) is 0 Å². The zero-order chi connectivity index (χ0) is 26.8. The summed E-state index contributed by atoms with van der Waals surface area (Å²) in [4.78, 5) is 27.5. The molecular formula is C26H25FN10O. The van der Waals surface area contributed by atoms with Gasteiger partial charge in [0.15, 0.2) is 5.82 Å². The van der Waals surface area contributed by atoms with Crippen molar-refractivity contribution in [3.63, 3.8) is 0 Å². The highest BCUT2D eigenvalue weighted by Gasteiger charge is 2.23. The van der Waals surface area contributed by atoms with Gasteiger partial charge in [-0.05, 0) is 73.5 Å². The predicted molar refractivity (Wildman–Crippen MR) is 143 cm³/mol. The fraction of sp³-hybridized carbons (Fsp3) is 0.192. The van der Waals surface area contributed by atoms with E-state index in [1.54, 1.807) is 30.4 Å². The van der Waals surface area contributed by atoms with E-state index in [9.17, 15) is 9.18 Å². The molecule has 0 aliphatic rings. The molecule has 0 amide bonds. The van der Waals surface area contributed by atoms with Crippen LogP contribution in [0.15, 0.2) is 47.3 Å². The number of nitrogens with one attached hydrogen (secondary N) is 2. The van der Waals surface area contributed by atoms with Crippen LogP contribution in [0.4, 0.5) is 16.2 Å². The second-order valence-corrected chi connectivity index (χ2v) is 8.69. The molecule has 0 aliphatic heterocycles. The molecule has 0 saturated heterocycles. The minimum atomic E-state index is -0.469. The average molecular weight is 513 g/mol. The Balaban J connectivity index is 1.67. The first-order valence-corrected chi connectivity index (χ1v) is 12.0. The number of fused-ring (bicyclic) bond motifs is 1. The van der Waals surface area contributed by atoms with Gasteiger partial charge in [0.1, 0.15) is 17.5 Å². The first-order chi connectivity index (χ1) is 18.4. The molecule has 4 N–H and O–H groups in total. The number of H-pyrrole nitrogens is 1. The number of halogens is 1. The number of tetrazole rings is 1. The second-order valence-electron chi connectivity index (χ2n) is 8.69. The lowest BCUT2D eigenvalue weighted by Crippen LogP contribution is -2.29. The van der Waals surface area contributed by atoms with Crippen molar-refractivity contribution in [1.82, 2.24) is 40.1 Å². The SMILES string of the molecule is CCC(Nc1nc(N)nc(C)c1/C=C/c1nn[nH]n1)c1nc2cccc(C)c2c(=O)n1-c1ccc(F)cc1. The van der Waals surface area contributed by atoms with E-state index in [1.807, 2.05) is 32.9 Å². The summed E-state index contributed by atoms with van der Waals surface area (Å²) in [6.45, 7) is 5.64. The number of rotatable bonds is 7. The summed E-state index contributed by atoms with van der Waals surface area (Å²) in [6, 6.07) is 10.8. The van der Waals surface area contributed by atoms with E-state index in [4.69, 9.17) is 10.7 Å². The largest absolute Gasteiger partial charge is 0.368 e. The van der Waals surface area contributed by atoms with Gasteiger partial charge in [-0.1, -0.05) is 19.1 Å². The Labute approximate surface area is 216 Å². The molecule has 2 aromatic carbocycles. The Hall–Kier alpha value is -5.00. The maximum absolute atomic E-state index is 13.9. The number of nitrogens with two attached hydrogens (primary N) is 1. The Morgan fingerprint density at radius 2 is 1.89 bits per heavy atom. The molecule has 3 heterocycles. The smallest absolute Gasteiger partial charge is 0.266 e. The second kappa shape index (κ2) is 10.2. The number of hydrogen-bond acceptors (Lipinski definition) is 9. The molecule has 0 radical (unpaired) electrons. The van der Waals surface area contributed by atoms with Crippen LogP contribution in [0, 0.1) is 19.7 Å². The van der Waals surface area contributed by atoms with E-state index in [0.29, 0.717) is 51.7 Å². The van der Waals surface area contributed by atoms with Gasteiger partial charge in [0, 0.05) is 5.56 Å². The lowest BCUT2D eigenvalue weighted by Gasteiger charge is -2.23. The molecule has 5 aromatic rings. The predicted octanol–water partition coefficient (Wildman–Crippen LogP) is 3.76. The molecule has 0 spiro atoms. The number of nitrogen functional groups attached to an aromatic ring is 1. The average Bonchev–Trinajstić information content (AvgIpc) is 3.41. The van der Waals surface area contributed by atoms with E-state index >= 15 is 0 Å². The van der Waals surface area contributed by atoms with Crippen LogP contribution < -0.4 is 16.6 Å². The highest BCUT2D eigenvalue weighted by Crippen LogP contribution is 2.28. The fourth-order valence-electron chi connectivity index (χ4n) is 4.31. The number of aryl methyl sites for hydroxylation is 2. The highest BCUT2D eigenvalue weighted by atomic mass is 19.1. The number of aromatic amines is 1. The van der Waals surface area contributed by atoms with Crippen molar-refractivity contribution in [1.29, 1.82) is 0 Å². The quantitative estimate of drug-likeness (QED) is 0.296. The zero-order valence-corrected chi connectivity index (χ0v) is 21.0. The molecular weight excluding hydrogens is 487 g/mol. The third kappa shape index (κ3) is 4.71. The van der Waals surface area contributed by atoms with Crippen LogP contribution >= 0.6 is 0 Å². The van der Waals surface area contributed by atoms with Gasteiger partial charge in [-0.15, -0.1) is 10.2 Å². The Morgan fingerprint density at radius 3 is 2.61 bits per heavy atom. The maximum atomic E-state index is 13.9. The summed E-state index contributed by atoms with van der Waals surface area (Å²) < 4.78 is 15.3. The van der Waals surface area contributed by atoms with Crippen LogP contribution in [0.2, 0.25) is 0 Å². The zero-order valence-electron chi connectivity index (χ0n) is 21.0. The Morgan fingerprint density at radius 1 is 1.11 bits per heavy atom.